The van der Waals surface area contributed by atoms with E-state index in [2.05, 4.69) is 5.32 Å². The Bertz CT molecular complexity index is 871. The third kappa shape index (κ3) is 3.23. The maximum absolute atomic E-state index is 12.6. The molecule has 0 radical (unpaired) electrons. The van der Waals surface area contributed by atoms with Crippen molar-refractivity contribution in [1.82, 2.24) is 9.88 Å². The number of hydrogen-bond acceptors (Lipinski definition) is 3. The summed E-state index contributed by atoms with van der Waals surface area (Å²) in [5.41, 5.74) is 1.47. The molecule has 3 rings (SSSR count). The Balaban J connectivity index is 1.95. The number of halogens is 1. The SMILES string of the molecule is CC(C)n1c(C(=O)N[C@H]2CCS(=O)(=O)C2)cc2cc(Cl)ccc21. The van der Waals surface area contributed by atoms with Gasteiger partial charge in [0, 0.05) is 28.0 Å². The van der Waals surface area contributed by atoms with Gasteiger partial charge in [0.15, 0.2) is 9.84 Å². The van der Waals surface area contributed by atoms with Crippen molar-refractivity contribution < 1.29 is 13.2 Å². The molecule has 5 nitrogen and oxygen atoms in total. The lowest BCUT2D eigenvalue weighted by Crippen LogP contribution is -2.36. The van der Waals surface area contributed by atoms with Crippen molar-refractivity contribution in [3.05, 3.63) is 35.0 Å². The van der Waals surface area contributed by atoms with Crippen molar-refractivity contribution in [2.45, 2.75) is 32.4 Å². The van der Waals surface area contributed by atoms with Gasteiger partial charge in [0.1, 0.15) is 5.69 Å². The van der Waals surface area contributed by atoms with E-state index in [1.165, 1.54) is 0 Å². The van der Waals surface area contributed by atoms with Gasteiger partial charge >= 0.3 is 0 Å². The monoisotopic (exact) mass is 354 g/mol. The van der Waals surface area contributed by atoms with Gasteiger partial charge in [0.05, 0.1) is 11.5 Å². The molecule has 23 heavy (non-hydrogen) atoms. The minimum absolute atomic E-state index is 0.0203. The van der Waals surface area contributed by atoms with Crippen LogP contribution in [-0.2, 0) is 9.84 Å². The summed E-state index contributed by atoms with van der Waals surface area (Å²) in [5.74, 6) is -0.0826. The Morgan fingerprint density at radius 3 is 2.70 bits per heavy atom. The second-order valence-electron chi connectivity index (χ2n) is 6.27. The highest BCUT2D eigenvalue weighted by Crippen LogP contribution is 2.27. The number of benzene rings is 1. The summed E-state index contributed by atoms with van der Waals surface area (Å²) in [6.07, 6.45) is 0.474. The second-order valence-corrected chi connectivity index (χ2v) is 8.94. The first-order valence-corrected chi connectivity index (χ1v) is 9.78. The molecular weight excluding hydrogens is 336 g/mol. The van der Waals surface area contributed by atoms with Gasteiger partial charge in [-0.1, -0.05) is 11.6 Å². The zero-order valence-corrected chi connectivity index (χ0v) is 14.6. The standard InChI is InChI=1S/C16H19ClN2O3S/c1-10(2)19-14-4-3-12(17)7-11(14)8-15(19)16(20)18-13-5-6-23(21,22)9-13/h3-4,7-8,10,13H,5-6,9H2,1-2H3,(H,18,20)/t13-/m0/s1. The number of aromatic nitrogens is 1. The van der Waals surface area contributed by atoms with Crippen LogP contribution in [-0.4, -0.2) is 36.4 Å². The summed E-state index contributed by atoms with van der Waals surface area (Å²) in [7, 11) is -3.02. The van der Waals surface area contributed by atoms with E-state index >= 15 is 0 Å². The Kier molecular flexibility index (Phi) is 4.14. The highest BCUT2D eigenvalue weighted by Gasteiger charge is 2.30. The van der Waals surface area contributed by atoms with Crippen LogP contribution in [0.2, 0.25) is 5.02 Å². The molecule has 2 heterocycles. The Morgan fingerprint density at radius 1 is 1.35 bits per heavy atom. The van der Waals surface area contributed by atoms with Gasteiger partial charge in [0.25, 0.3) is 5.91 Å². The Morgan fingerprint density at radius 2 is 2.09 bits per heavy atom. The summed E-state index contributed by atoms with van der Waals surface area (Å²) in [6.45, 7) is 4.01. The number of sulfone groups is 1. The van der Waals surface area contributed by atoms with Crippen molar-refractivity contribution in [3.63, 3.8) is 0 Å². The summed E-state index contributed by atoms with van der Waals surface area (Å²) in [4.78, 5) is 12.6. The van der Waals surface area contributed by atoms with Crippen LogP contribution >= 0.6 is 11.6 Å². The number of carbonyl (C=O) groups is 1. The number of carbonyl (C=O) groups excluding carboxylic acids is 1. The molecule has 1 aliphatic rings. The number of nitrogens with zero attached hydrogens (tertiary/aromatic N) is 1. The molecule has 7 heteroatoms. The summed E-state index contributed by atoms with van der Waals surface area (Å²) < 4.78 is 25.0. The average Bonchev–Trinajstić information content (AvgIpc) is 2.98. The van der Waals surface area contributed by atoms with Gasteiger partial charge in [-0.05, 0) is 44.5 Å². The molecule has 2 aromatic rings. The van der Waals surface area contributed by atoms with Gasteiger partial charge in [0.2, 0.25) is 0 Å². The minimum atomic E-state index is -3.02. The molecule has 124 valence electrons. The average molecular weight is 355 g/mol. The number of amides is 1. The van der Waals surface area contributed by atoms with Crippen LogP contribution in [0.4, 0.5) is 0 Å². The third-order valence-corrected chi connectivity index (χ3v) is 6.12. The molecule has 0 aliphatic carbocycles. The quantitative estimate of drug-likeness (QED) is 0.921. The van der Waals surface area contributed by atoms with E-state index in [1.54, 1.807) is 12.1 Å². The lowest BCUT2D eigenvalue weighted by Gasteiger charge is -2.16. The first-order valence-electron chi connectivity index (χ1n) is 7.58. The number of nitrogens with one attached hydrogen (secondary N) is 1. The van der Waals surface area contributed by atoms with E-state index < -0.39 is 9.84 Å². The first kappa shape index (κ1) is 16.3. The first-order chi connectivity index (χ1) is 10.8. The molecule has 1 fully saturated rings. The normalized spacial score (nSPS) is 20.3. The predicted molar refractivity (Wildman–Crippen MR) is 91.9 cm³/mol. The minimum Gasteiger partial charge on any atom is -0.347 e. The van der Waals surface area contributed by atoms with Crippen molar-refractivity contribution in [3.8, 4) is 0 Å². The van der Waals surface area contributed by atoms with E-state index in [0.717, 1.165) is 10.9 Å². The number of hydrogen-bond donors (Lipinski definition) is 1. The van der Waals surface area contributed by atoms with E-state index in [9.17, 15) is 13.2 Å². The molecule has 1 N–H and O–H groups in total. The Labute approximate surface area is 140 Å². The maximum atomic E-state index is 12.6. The molecule has 1 amide bonds. The van der Waals surface area contributed by atoms with Crippen molar-refractivity contribution in [2.24, 2.45) is 0 Å². The highest BCUT2D eigenvalue weighted by molar-refractivity contribution is 7.91. The van der Waals surface area contributed by atoms with E-state index in [4.69, 9.17) is 11.6 Å². The molecule has 1 aromatic heterocycles. The fourth-order valence-electron chi connectivity index (χ4n) is 3.11. The summed E-state index contributed by atoms with van der Waals surface area (Å²) in [6, 6.07) is 7.12. The van der Waals surface area contributed by atoms with Gasteiger partial charge in [-0.25, -0.2) is 8.42 Å². The van der Waals surface area contributed by atoms with Crippen LogP contribution in [0.5, 0.6) is 0 Å². The second kappa shape index (κ2) is 5.83. The Hall–Kier alpha value is -1.53. The van der Waals surface area contributed by atoms with Crippen LogP contribution < -0.4 is 5.32 Å². The van der Waals surface area contributed by atoms with Crippen molar-refractivity contribution >= 4 is 38.2 Å². The van der Waals surface area contributed by atoms with E-state index in [0.29, 0.717) is 17.1 Å². The van der Waals surface area contributed by atoms with Crippen LogP contribution in [0, 0.1) is 0 Å². The largest absolute Gasteiger partial charge is 0.347 e. The van der Waals surface area contributed by atoms with Crippen molar-refractivity contribution in [2.75, 3.05) is 11.5 Å². The molecule has 0 saturated carbocycles. The van der Waals surface area contributed by atoms with Gasteiger partial charge < -0.3 is 9.88 Å². The lowest BCUT2D eigenvalue weighted by atomic mass is 10.2. The summed E-state index contributed by atoms with van der Waals surface area (Å²) in [5, 5.41) is 4.37. The zero-order chi connectivity index (χ0) is 16.8. The molecule has 0 bridgehead atoms. The fraction of sp³-hybridized carbons (Fsp3) is 0.438. The summed E-state index contributed by atoms with van der Waals surface area (Å²) >= 11 is 6.03. The molecular formula is C16H19ClN2O3S. The smallest absolute Gasteiger partial charge is 0.268 e. The topological polar surface area (TPSA) is 68.2 Å². The van der Waals surface area contributed by atoms with E-state index in [-0.39, 0.29) is 29.5 Å². The van der Waals surface area contributed by atoms with Gasteiger partial charge in [-0.2, -0.15) is 0 Å². The van der Waals surface area contributed by atoms with Crippen LogP contribution in [0.15, 0.2) is 24.3 Å². The molecule has 0 unspecified atom stereocenters. The molecule has 1 saturated heterocycles. The van der Waals surface area contributed by atoms with Gasteiger partial charge in [-0.3, -0.25) is 4.79 Å². The van der Waals surface area contributed by atoms with Gasteiger partial charge in [-0.15, -0.1) is 0 Å². The third-order valence-electron chi connectivity index (χ3n) is 4.12. The lowest BCUT2D eigenvalue weighted by molar-refractivity contribution is 0.0931. The van der Waals surface area contributed by atoms with Crippen molar-refractivity contribution in [1.29, 1.82) is 0 Å². The molecule has 1 atom stereocenters. The maximum Gasteiger partial charge on any atom is 0.268 e. The predicted octanol–water partition coefficient (Wildman–Crippen LogP) is 2.79. The van der Waals surface area contributed by atoms with E-state index in [1.807, 2.05) is 30.5 Å². The molecule has 1 aliphatic heterocycles. The number of fused-ring (bicyclic) bond motifs is 1. The molecule has 0 spiro atoms. The molecule has 1 aromatic carbocycles. The van der Waals surface area contributed by atoms with Crippen LogP contribution in [0.1, 0.15) is 36.8 Å². The number of rotatable bonds is 3. The van der Waals surface area contributed by atoms with Crippen LogP contribution in [0.25, 0.3) is 10.9 Å². The zero-order valence-electron chi connectivity index (χ0n) is 13.0. The highest BCUT2D eigenvalue weighted by atomic mass is 35.5. The van der Waals surface area contributed by atoms with Crippen LogP contribution in [0.3, 0.4) is 0 Å². The fourth-order valence-corrected chi connectivity index (χ4v) is 4.96.